The van der Waals surface area contributed by atoms with E-state index in [2.05, 4.69) is 4.98 Å². The molecule has 3 nitrogen and oxygen atoms in total. The van der Waals surface area contributed by atoms with Crippen LogP contribution in [0.15, 0.2) is 60.9 Å². The highest BCUT2D eigenvalue weighted by Crippen LogP contribution is 2.19. The van der Waals surface area contributed by atoms with Gasteiger partial charge in [-0.25, -0.2) is 0 Å². The van der Waals surface area contributed by atoms with Crippen molar-refractivity contribution in [3.05, 3.63) is 72.1 Å². The predicted molar refractivity (Wildman–Crippen MR) is 82.8 cm³/mol. The number of aromatic nitrogens is 1. The maximum Gasteiger partial charge on any atom is 0.194 e. The molecule has 1 heterocycles. The van der Waals surface area contributed by atoms with Crippen LogP contribution in [0.25, 0.3) is 10.8 Å². The number of carbonyl (C=O) groups excluding carboxylic acids is 1. The fourth-order valence-corrected chi connectivity index (χ4v) is 2.29. The van der Waals surface area contributed by atoms with E-state index in [1.54, 1.807) is 18.5 Å². The van der Waals surface area contributed by atoms with Gasteiger partial charge >= 0.3 is 0 Å². The predicted octanol–water partition coefficient (Wildman–Crippen LogP) is 3.86. The zero-order valence-corrected chi connectivity index (χ0v) is 11.7. The van der Waals surface area contributed by atoms with Gasteiger partial charge in [0.1, 0.15) is 5.75 Å². The molecule has 0 fully saturated rings. The summed E-state index contributed by atoms with van der Waals surface area (Å²) in [5, 5.41) is 2.17. The van der Waals surface area contributed by atoms with Gasteiger partial charge in [0.25, 0.3) is 0 Å². The summed E-state index contributed by atoms with van der Waals surface area (Å²) in [6.07, 6.45) is 3.18. The Morgan fingerprint density at radius 1 is 1.00 bits per heavy atom. The Morgan fingerprint density at radius 2 is 1.81 bits per heavy atom. The van der Waals surface area contributed by atoms with Crippen LogP contribution in [0.5, 0.6) is 5.75 Å². The molecule has 0 atom stereocenters. The first-order chi connectivity index (χ1) is 10.3. The third-order valence-electron chi connectivity index (χ3n) is 3.30. The molecule has 104 valence electrons. The number of ketones is 1. The number of carbonyl (C=O) groups is 1. The second-order valence-corrected chi connectivity index (χ2v) is 4.73. The quantitative estimate of drug-likeness (QED) is 0.680. The van der Waals surface area contributed by atoms with Crippen molar-refractivity contribution in [2.75, 3.05) is 6.61 Å². The Kier molecular flexibility index (Phi) is 3.65. The van der Waals surface area contributed by atoms with Gasteiger partial charge in [0, 0.05) is 17.3 Å². The van der Waals surface area contributed by atoms with Gasteiger partial charge in [0.15, 0.2) is 5.78 Å². The first-order valence-corrected chi connectivity index (χ1v) is 6.89. The highest BCUT2D eigenvalue weighted by atomic mass is 16.5. The Balaban J connectivity index is 1.97. The van der Waals surface area contributed by atoms with E-state index < -0.39 is 0 Å². The molecule has 0 saturated carbocycles. The van der Waals surface area contributed by atoms with Crippen LogP contribution in [-0.2, 0) is 0 Å². The molecule has 0 saturated heterocycles. The molecule has 0 spiro atoms. The number of fused-ring (bicyclic) bond motifs is 1. The number of pyridine rings is 1. The Labute approximate surface area is 123 Å². The molecular formula is C18H15NO2. The molecule has 1 aromatic heterocycles. The normalized spacial score (nSPS) is 10.5. The number of rotatable bonds is 4. The fraction of sp³-hybridized carbons (Fsp3) is 0.111. The summed E-state index contributed by atoms with van der Waals surface area (Å²) in [5.74, 6) is 0.568. The highest BCUT2D eigenvalue weighted by molar-refractivity contribution is 6.10. The van der Waals surface area contributed by atoms with Gasteiger partial charge in [-0.3, -0.25) is 9.78 Å². The number of benzene rings is 2. The molecule has 2 aromatic carbocycles. The lowest BCUT2D eigenvalue weighted by molar-refractivity contribution is 0.103. The lowest BCUT2D eigenvalue weighted by Crippen LogP contribution is -2.03. The van der Waals surface area contributed by atoms with Crippen molar-refractivity contribution in [2.45, 2.75) is 6.92 Å². The summed E-state index contributed by atoms with van der Waals surface area (Å²) in [5.41, 5.74) is 1.19. The van der Waals surface area contributed by atoms with Gasteiger partial charge in [0.2, 0.25) is 0 Å². The van der Waals surface area contributed by atoms with E-state index >= 15 is 0 Å². The first-order valence-electron chi connectivity index (χ1n) is 6.89. The summed E-state index contributed by atoms with van der Waals surface area (Å²) in [6, 6.07) is 15.4. The molecule has 0 radical (unpaired) electrons. The minimum Gasteiger partial charge on any atom is -0.492 e. The molecule has 3 aromatic rings. The van der Waals surface area contributed by atoms with Gasteiger partial charge in [-0.05, 0) is 29.8 Å². The van der Waals surface area contributed by atoms with E-state index in [1.807, 2.05) is 49.4 Å². The van der Waals surface area contributed by atoms with Crippen molar-refractivity contribution in [3.8, 4) is 5.75 Å². The van der Waals surface area contributed by atoms with E-state index in [9.17, 15) is 4.79 Å². The summed E-state index contributed by atoms with van der Waals surface area (Å²) in [4.78, 5) is 16.6. The molecule has 0 aliphatic heterocycles. The van der Waals surface area contributed by atoms with Gasteiger partial charge in [0.05, 0.1) is 12.8 Å². The molecule has 21 heavy (non-hydrogen) atoms. The second-order valence-electron chi connectivity index (χ2n) is 4.73. The molecular weight excluding hydrogens is 262 g/mol. The number of hydrogen-bond acceptors (Lipinski definition) is 3. The van der Waals surface area contributed by atoms with Crippen LogP contribution < -0.4 is 4.74 Å². The van der Waals surface area contributed by atoms with Gasteiger partial charge < -0.3 is 4.74 Å². The number of ether oxygens (including phenoxy) is 1. The smallest absolute Gasteiger partial charge is 0.194 e. The van der Waals surface area contributed by atoms with E-state index in [4.69, 9.17) is 4.74 Å². The average Bonchev–Trinajstić information content (AvgIpc) is 2.54. The van der Waals surface area contributed by atoms with Crippen molar-refractivity contribution >= 4 is 16.6 Å². The monoisotopic (exact) mass is 277 g/mol. The van der Waals surface area contributed by atoms with Crippen LogP contribution >= 0.6 is 0 Å². The van der Waals surface area contributed by atoms with E-state index in [0.717, 1.165) is 10.8 Å². The largest absolute Gasteiger partial charge is 0.492 e. The molecule has 0 aliphatic carbocycles. The van der Waals surface area contributed by atoms with E-state index in [1.165, 1.54) is 0 Å². The van der Waals surface area contributed by atoms with Gasteiger partial charge in [-0.1, -0.05) is 36.4 Å². The van der Waals surface area contributed by atoms with Crippen molar-refractivity contribution in [2.24, 2.45) is 0 Å². The topological polar surface area (TPSA) is 39.2 Å². The third kappa shape index (κ3) is 2.77. The fourth-order valence-electron chi connectivity index (χ4n) is 2.29. The van der Waals surface area contributed by atoms with Crippen molar-refractivity contribution in [3.63, 3.8) is 0 Å². The maximum absolute atomic E-state index is 12.6. The average molecular weight is 277 g/mol. The summed E-state index contributed by atoms with van der Waals surface area (Å²) >= 11 is 0. The molecule has 0 amide bonds. The minimum absolute atomic E-state index is 0.0465. The van der Waals surface area contributed by atoms with Crippen LogP contribution in [0.2, 0.25) is 0 Å². The number of nitrogens with zero attached hydrogens (tertiary/aromatic N) is 1. The van der Waals surface area contributed by atoms with Crippen LogP contribution in [0.4, 0.5) is 0 Å². The van der Waals surface area contributed by atoms with Crippen LogP contribution in [0, 0.1) is 0 Å². The Morgan fingerprint density at radius 3 is 2.62 bits per heavy atom. The van der Waals surface area contributed by atoms with Gasteiger partial charge in [-0.15, -0.1) is 0 Å². The van der Waals surface area contributed by atoms with Crippen molar-refractivity contribution < 1.29 is 9.53 Å². The number of hydrogen-bond donors (Lipinski definition) is 0. The molecule has 0 unspecified atom stereocenters. The zero-order valence-electron chi connectivity index (χ0n) is 11.7. The molecule has 0 N–H and O–H groups in total. The lowest BCUT2D eigenvalue weighted by Gasteiger charge is -2.06. The van der Waals surface area contributed by atoms with Crippen molar-refractivity contribution in [1.29, 1.82) is 0 Å². The third-order valence-corrected chi connectivity index (χ3v) is 3.30. The SMILES string of the molecule is CCOc1cncc(C(=O)c2ccc3ccccc3c2)c1. The summed E-state index contributed by atoms with van der Waals surface area (Å²) < 4.78 is 5.39. The van der Waals surface area contributed by atoms with Crippen LogP contribution in [0.3, 0.4) is 0 Å². The molecule has 3 heteroatoms. The van der Waals surface area contributed by atoms with E-state index in [-0.39, 0.29) is 5.78 Å². The lowest BCUT2D eigenvalue weighted by atomic mass is 10.0. The Bertz CT molecular complexity index is 796. The Hall–Kier alpha value is -2.68. The standard InChI is InChI=1S/C18H15NO2/c1-2-21-17-10-16(11-19-12-17)18(20)15-8-7-13-5-3-4-6-14(13)9-15/h3-12H,2H2,1H3. The zero-order chi connectivity index (χ0) is 14.7. The first kappa shape index (κ1) is 13.3. The molecule has 3 rings (SSSR count). The minimum atomic E-state index is -0.0465. The highest BCUT2D eigenvalue weighted by Gasteiger charge is 2.11. The molecule has 0 aliphatic rings. The summed E-state index contributed by atoms with van der Waals surface area (Å²) in [6.45, 7) is 2.45. The molecule has 0 bridgehead atoms. The van der Waals surface area contributed by atoms with Crippen LogP contribution in [-0.4, -0.2) is 17.4 Å². The van der Waals surface area contributed by atoms with Crippen molar-refractivity contribution in [1.82, 2.24) is 4.98 Å². The van der Waals surface area contributed by atoms with Crippen LogP contribution in [0.1, 0.15) is 22.8 Å². The second kappa shape index (κ2) is 5.75. The van der Waals surface area contributed by atoms with Gasteiger partial charge in [-0.2, -0.15) is 0 Å². The summed E-state index contributed by atoms with van der Waals surface area (Å²) in [7, 11) is 0. The maximum atomic E-state index is 12.6. The van der Waals surface area contributed by atoms with E-state index in [0.29, 0.717) is 23.5 Å².